The molecule has 6 heteroatoms. The maximum absolute atomic E-state index is 10.5. The number of nitrogens with one attached hydrogen (secondary N) is 1. The molecule has 1 aromatic carbocycles. The molecule has 20 heavy (non-hydrogen) atoms. The minimum absolute atomic E-state index is 0.340. The molecule has 0 saturated carbocycles. The molecule has 0 heterocycles. The van der Waals surface area contributed by atoms with Gasteiger partial charge in [-0.25, -0.2) is 4.79 Å². The molecule has 0 bridgehead atoms. The van der Waals surface area contributed by atoms with E-state index in [0.717, 1.165) is 16.2 Å². The summed E-state index contributed by atoms with van der Waals surface area (Å²) in [6.45, 7) is 3.25. The molecular weight excluding hydrogens is 276 g/mol. The zero-order valence-corrected chi connectivity index (χ0v) is 12.6. The Kier molecular flexibility index (Phi) is 6.24. The molecule has 0 aliphatic heterocycles. The minimum atomic E-state index is -0.992. The zero-order valence-electron chi connectivity index (χ0n) is 11.8. The van der Waals surface area contributed by atoms with Crippen LogP contribution in [0.5, 0.6) is 5.75 Å². The topological polar surface area (TPSA) is 82.7 Å². The quantitative estimate of drug-likeness (QED) is 0.598. The number of aliphatic imine (C=N–C) groups is 1. The Bertz CT molecular complexity index is 541. The third-order valence-corrected chi connectivity index (χ3v) is 3.58. The molecule has 5 nitrogen and oxygen atoms in total. The third kappa shape index (κ3) is 5.05. The van der Waals surface area contributed by atoms with Crippen LogP contribution in [0.1, 0.15) is 12.5 Å². The van der Waals surface area contributed by atoms with Gasteiger partial charge in [-0.1, -0.05) is 0 Å². The molecule has 0 fully saturated rings. The van der Waals surface area contributed by atoms with Gasteiger partial charge in [0.15, 0.2) is 6.61 Å². The van der Waals surface area contributed by atoms with Gasteiger partial charge in [-0.15, -0.1) is 11.8 Å². The van der Waals surface area contributed by atoms with Crippen molar-refractivity contribution in [3.8, 4) is 5.75 Å². The van der Waals surface area contributed by atoms with Crippen LogP contribution in [0, 0.1) is 12.3 Å². The molecule has 0 unspecified atom stereocenters. The molecule has 2 N–H and O–H groups in total. The first-order valence-corrected chi connectivity index (χ1v) is 7.01. The summed E-state index contributed by atoms with van der Waals surface area (Å²) in [4.78, 5) is 15.6. The molecule has 108 valence electrons. The molecule has 0 aliphatic rings. The molecule has 0 aliphatic carbocycles. The first kappa shape index (κ1) is 16.2. The predicted octanol–water partition coefficient (Wildman–Crippen LogP) is 2.66. The first-order chi connectivity index (χ1) is 9.43. The van der Waals surface area contributed by atoms with Gasteiger partial charge in [0.05, 0.1) is 11.4 Å². The number of aliphatic carboxylic acids is 1. The number of carboxylic acid groups (broad SMARTS) is 1. The van der Waals surface area contributed by atoms with Crippen molar-refractivity contribution in [3.05, 3.63) is 23.8 Å². The Hall–Kier alpha value is -1.82. The Balaban J connectivity index is 2.68. The lowest BCUT2D eigenvalue weighted by atomic mass is 10.2. The fourth-order valence-electron chi connectivity index (χ4n) is 1.51. The number of carboxylic acids is 1. The van der Waals surface area contributed by atoms with Gasteiger partial charge >= 0.3 is 5.97 Å². The maximum Gasteiger partial charge on any atom is 0.341 e. The molecule has 0 spiro atoms. The van der Waals surface area contributed by atoms with Crippen LogP contribution in [0.15, 0.2) is 28.1 Å². The summed E-state index contributed by atoms with van der Waals surface area (Å²) in [6, 6.07) is 5.58. The number of hydrogen-bond donors (Lipinski definition) is 2. The van der Waals surface area contributed by atoms with Crippen LogP contribution in [0.3, 0.4) is 0 Å². The van der Waals surface area contributed by atoms with Crippen LogP contribution < -0.4 is 4.74 Å². The smallest absolute Gasteiger partial charge is 0.341 e. The van der Waals surface area contributed by atoms with E-state index in [1.165, 1.54) is 0 Å². The Labute approximate surface area is 122 Å². The lowest BCUT2D eigenvalue weighted by molar-refractivity contribution is -0.139. The van der Waals surface area contributed by atoms with Gasteiger partial charge in [-0.2, -0.15) is 0 Å². The van der Waals surface area contributed by atoms with Gasteiger partial charge in [-0.3, -0.25) is 4.99 Å². The lowest BCUT2D eigenvalue weighted by Crippen LogP contribution is -2.12. The van der Waals surface area contributed by atoms with Crippen LogP contribution in [-0.4, -0.2) is 41.9 Å². The van der Waals surface area contributed by atoms with Crippen LogP contribution in [-0.2, 0) is 4.79 Å². The molecule has 1 aromatic rings. The normalized spacial score (nSPS) is 11.2. The van der Waals surface area contributed by atoms with Crippen molar-refractivity contribution in [2.45, 2.75) is 18.7 Å². The fourth-order valence-corrected chi connectivity index (χ4v) is 2.58. The van der Waals surface area contributed by atoms with E-state index < -0.39 is 5.97 Å². The summed E-state index contributed by atoms with van der Waals surface area (Å²) in [5.41, 5.74) is 2.12. The average molecular weight is 294 g/mol. The SMILES string of the molecule is C/N=C(/CSc1ccc(OCC(=O)O)c(C)c1)C(C)=N. The maximum atomic E-state index is 10.5. The highest BCUT2D eigenvalue weighted by molar-refractivity contribution is 8.00. The van der Waals surface area contributed by atoms with Crippen LogP contribution in [0.4, 0.5) is 0 Å². The van der Waals surface area contributed by atoms with Crippen molar-refractivity contribution in [2.75, 3.05) is 19.4 Å². The van der Waals surface area contributed by atoms with Crippen LogP contribution in [0.2, 0.25) is 0 Å². The molecule has 0 radical (unpaired) electrons. The second-order valence-corrected chi connectivity index (χ2v) is 5.24. The van der Waals surface area contributed by atoms with Crippen molar-refractivity contribution in [2.24, 2.45) is 4.99 Å². The van der Waals surface area contributed by atoms with Gasteiger partial charge in [0.1, 0.15) is 5.75 Å². The number of hydrogen-bond acceptors (Lipinski definition) is 5. The third-order valence-electron chi connectivity index (χ3n) is 2.58. The van der Waals surface area contributed by atoms with Crippen LogP contribution in [0.25, 0.3) is 0 Å². The second-order valence-electron chi connectivity index (χ2n) is 4.19. The van der Waals surface area contributed by atoms with E-state index in [4.69, 9.17) is 15.3 Å². The zero-order chi connectivity index (χ0) is 15.1. The van der Waals surface area contributed by atoms with Crippen molar-refractivity contribution in [1.29, 1.82) is 5.41 Å². The van der Waals surface area contributed by atoms with Crippen molar-refractivity contribution >= 4 is 29.2 Å². The summed E-state index contributed by atoms with van der Waals surface area (Å²) < 4.78 is 5.17. The van der Waals surface area contributed by atoms with Gasteiger partial charge in [-0.05, 0) is 37.6 Å². The van der Waals surface area contributed by atoms with E-state index in [1.807, 2.05) is 19.1 Å². The van der Waals surface area contributed by atoms with E-state index in [9.17, 15) is 4.79 Å². The van der Waals surface area contributed by atoms with E-state index >= 15 is 0 Å². The molecule has 0 aromatic heterocycles. The standard InChI is InChI=1S/C14H18N2O3S/c1-9-6-11(20-8-12(16-3)10(2)15)4-5-13(9)19-7-14(17)18/h4-6,15H,7-8H2,1-3H3,(H,17,18)/b15-10?,16-12-. The minimum Gasteiger partial charge on any atom is -0.482 e. The van der Waals surface area contributed by atoms with Crippen LogP contribution >= 0.6 is 11.8 Å². The number of benzene rings is 1. The largest absolute Gasteiger partial charge is 0.482 e. The van der Waals surface area contributed by atoms with Crippen molar-refractivity contribution < 1.29 is 14.6 Å². The van der Waals surface area contributed by atoms with E-state index in [2.05, 4.69) is 4.99 Å². The predicted molar refractivity (Wildman–Crippen MR) is 81.8 cm³/mol. The molecule has 0 amide bonds. The Morgan fingerprint density at radius 1 is 1.50 bits per heavy atom. The first-order valence-electron chi connectivity index (χ1n) is 6.03. The van der Waals surface area contributed by atoms with E-state index in [1.54, 1.807) is 31.8 Å². The number of thioether (sulfide) groups is 1. The summed E-state index contributed by atoms with van der Waals surface area (Å²) >= 11 is 1.59. The van der Waals surface area contributed by atoms with Crippen molar-refractivity contribution in [3.63, 3.8) is 0 Å². The summed E-state index contributed by atoms with van der Waals surface area (Å²) in [5, 5.41) is 16.2. The molecule has 0 atom stereocenters. The summed E-state index contributed by atoms with van der Waals surface area (Å²) in [5.74, 6) is 0.220. The highest BCUT2D eigenvalue weighted by Crippen LogP contribution is 2.25. The van der Waals surface area contributed by atoms with Gasteiger partial charge in [0.25, 0.3) is 0 Å². The lowest BCUT2D eigenvalue weighted by Gasteiger charge is -2.09. The highest BCUT2D eigenvalue weighted by Gasteiger charge is 2.06. The molecular formula is C14H18N2O3S. The van der Waals surface area contributed by atoms with Gasteiger partial charge < -0.3 is 15.3 Å². The number of aryl methyl sites for hydroxylation is 1. The van der Waals surface area contributed by atoms with E-state index in [0.29, 0.717) is 17.2 Å². The fraction of sp³-hybridized carbons (Fsp3) is 0.357. The van der Waals surface area contributed by atoms with Crippen molar-refractivity contribution in [1.82, 2.24) is 0 Å². The van der Waals surface area contributed by atoms with Gasteiger partial charge in [0.2, 0.25) is 0 Å². The van der Waals surface area contributed by atoms with E-state index in [-0.39, 0.29) is 6.61 Å². The van der Waals surface area contributed by atoms with Gasteiger partial charge in [0, 0.05) is 17.7 Å². The summed E-state index contributed by atoms with van der Waals surface area (Å²) in [7, 11) is 1.68. The average Bonchev–Trinajstić information content (AvgIpc) is 2.37. The number of carbonyl (C=O) groups is 1. The highest BCUT2D eigenvalue weighted by atomic mass is 32.2. The summed E-state index contributed by atoms with van der Waals surface area (Å²) in [6.07, 6.45) is 0. The number of ether oxygens (including phenoxy) is 1. The Morgan fingerprint density at radius 3 is 2.70 bits per heavy atom. The number of nitrogens with zero attached hydrogens (tertiary/aromatic N) is 1. The monoisotopic (exact) mass is 294 g/mol. The Morgan fingerprint density at radius 2 is 2.20 bits per heavy atom. The molecule has 1 rings (SSSR count). The molecule has 0 saturated heterocycles. The number of rotatable bonds is 7. The second kappa shape index (κ2) is 7.69.